The number of urea groups is 1. The number of carbonyl (C=O) groups excluding carboxylic acids is 1. The first-order chi connectivity index (χ1) is 12.0. The van der Waals surface area contributed by atoms with E-state index in [9.17, 15) is 13.2 Å². The molecule has 0 atom stereocenters. The van der Waals surface area contributed by atoms with Crippen LogP contribution in [0, 0.1) is 0 Å². The fraction of sp³-hybridized carbons (Fsp3) is 0.750. The summed E-state index contributed by atoms with van der Waals surface area (Å²) in [5, 5.41) is 3.17. The van der Waals surface area contributed by atoms with Crippen LogP contribution in [0.25, 0.3) is 0 Å². The van der Waals surface area contributed by atoms with E-state index in [-0.39, 0.29) is 17.1 Å². The van der Waals surface area contributed by atoms with E-state index in [1.807, 2.05) is 0 Å². The summed E-state index contributed by atoms with van der Waals surface area (Å²) in [6.07, 6.45) is 9.28. The highest BCUT2D eigenvalue weighted by atomic mass is 32.2. The number of aromatic nitrogens is 2. The van der Waals surface area contributed by atoms with Gasteiger partial charge in [0.2, 0.25) is 0 Å². The topological polar surface area (TPSA) is 87.5 Å². The number of imidazole rings is 1. The van der Waals surface area contributed by atoms with Gasteiger partial charge in [0.05, 0.1) is 6.33 Å². The van der Waals surface area contributed by atoms with E-state index in [1.165, 1.54) is 36.1 Å². The maximum atomic E-state index is 12.7. The number of nitrogens with one attached hydrogen (secondary N) is 1. The van der Waals surface area contributed by atoms with Gasteiger partial charge in [-0.3, -0.25) is 0 Å². The lowest BCUT2D eigenvalue weighted by molar-refractivity contribution is 0.192. The van der Waals surface area contributed by atoms with Gasteiger partial charge in [-0.1, -0.05) is 19.3 Å². The van der Waals surface area contributed by atoms with Gasteiger partial charge in [-0.2, -0.15) is 4.31 Å². The van der Waals surface area contributed by atoms with Crippen molar-refractivity contribution in [3.05, 3.63) is 12.5 Å². The first kappa shape index (κ1) is 18.2. The van der Waals surface area contributed by atoms with Crippen molar-refractivity contribution in [2.24, 2.45) is 7.05 Å². The van der Waals surface area contributed by atoms with Crippen LogP contribution in [0.4, 0.5) is 4.79 Å². The molecule has 0 unspecified atom stereocenters. The Kier molecular flexibility index (Phi) is 5.63. The lowest BCUT2D eigenvalue weighted by Crippen LogP contribution is -2.46. The first-order valence-corrected chi connectivity index (χ1v) is 10.4. The molecule has 1 aromatic heterocycles. The van der Waals surface area contributed by atoms with Gasteiger partial charge in [0, 0.05) is 45.5 Å². The van der Waals surface area contributed by atoms with Crippen molar-refractivity contribution < 1.29 is 13.2 Å². The van der Waals surface area contributed by atoms with Gasteiger partial charge < -0.3 is 14.8 Å². The molecular formula is C16H27N5O3S. The Morgan fingerprint density at radius 2 is 1.88 bits per heavy atom. The fourth-order valence-corrected chi connectivity index (χ4v) is 4.94. The summed E-state index contributed by atoms with van der Waals surface area (Å²) in [5.41, 5.74) is 0. The second kappa shape index (κ2) is 7.74. The molecular weight excluding hydrogens is 342 g/mol. The summed E-state index contributed by atoms with van der Waals surface area (Å²) in [5.74, 6) is 0. The zero-order valence-corrected chi connectivity index (χ0v) is 15.5. The van der Waals surface area contributed by atoms with Crippen LogP contribution in [0.5, 0.6) is 0 Å². The Balaban J connectivity index is 1.59. The van der Waals surface area contributed by atoms with Crippen LogP contribution < -0.4 is 5.32 Å². The van der Waals surface area contributed by atoms with E-state index in [0.29, 0.717) is 32.6 Å². The fourth-order valence-electron chi connectivity index (χ4n) is 3.50. The van der Waals surface area contributed by atoms with Crippen molar-refractivity contribution in [3.8, 4) is 0 Å². The number of hydrogen-bond donors (Lipinski definition) is 1. The van der Waals surface area contributed by atoms with E-state index in [4.69, 9.17) is 0 Å². The van der Waals surface area contributed by atoms with Crippen molar-refractivity contribution in [3.63, 3.8) is 0 Å². The number of hydrogen-bond acceptors (Lipinski definition) is 4. The molecule has 2 fully saturated rings. The summed E-state index contributed by atoms with van der Waals surface area (Å²) in [7, 11) is -1.86. The number of rotatable bonds is 3. The Hall–Kier alpha value is -1.61. The van der Waals surface area contributed by atoms with Crippen LogP contribution in [0.3, 0.4) is 0 Å². The summed E-state index contributed by atoms with van der Waals surface area (Å²) in [4.78, 5) is 18.2. The number of aryl methyl sites for hydroxylation is 1. The monoisotopic (exact) mass is 369 g/mol. The van der Waals surface area contributed by atoms with Gasteiger partial charge in [0.1, 0.15) is 0 Å². The highest BCUT2D eigenvalue weighted by Gasteiger charge is 2.30. The standard InChI is InChI=1S/C16H27N5O3S/c1-19-12-15(17-13-19)25(23,24)21-9-5-8-20(10-11-21)16(22)18-14-6-3-2-4-7-14/h12-14H,2-11H2,1H3,(H,18,22). The van der Waals surface area contributed by atoms with Gasteiger partial charge in [-0.25, -0.2) is 18.2 Å². The molecule has 8 nitrogen and oxygen atoms in total. The Morgan fingerprint density at radius 1 is 1.12 bits per heavy atom. The molecule has 0 aromatic carbocycles. The number of nitrogens with zero attached hydrogens (tertiary/aromatic N) is 4. The molecule has 9 heteroatoms. The quantitative estimate of drug-likeness (QED) is 0.866. The average Bonchev–Trinajstić information content (AvgIpc) is 2.89. The van der Waals surface area contributed by atoms with E-state index in [2.05, 4.69) is 10.3 Å². The molecule has 1 saturated heterocycles. The van der Waals surface area contributed by atoms with E-state index in [0.717, 1.165) is 12.8 Å². The molecule has 0 spiro atoms. The predicted octanol–water partition coefficient (Wildman–Crippen LogP) is 1.16. The summed E-state index contributed by atoms with van der Waals surface area (Å²) >= 11 is 0. The lowest BCUT2D eigenvalue weighted by Gasteiger charge is -2.27. The Bertz CT molecular complexity index is 696. The van der Waals surface area contributed by atoms with Crippen LogP contribution in [0.1, 0.15) is 38.5 Å². The smallest absolute Gasteiger partial charge is 0.317 e. The zero-order valence-electron chi connectivity index (χ0n) is 14.7. The molecule has 1 aliphatic carbocycles. The lowest BCUT2D eigenvalue weighted by atomic mass is 9.96. The molecule has 1 aromatic rings. The predicted molar refractivity (Wildman–Crippen MR) is 93.6 cm³/mol. The molecule has 140 valence electrons. The highest BCUT2D eigenvalue weighted by molar-refractivity contribution is 7.89. The third-order valence-corrected chi connectivity index (χ3v) is 6.74. The molecule has 0 bridgehead atoms. The highest BCUT2D eigenvalue weighted by Crippen LogP contribution is 2.19. The van der Waals surface area contributed by atoms with E-state index >= 15 is 0 Å². The summed E-state index contributed by atoms with van der Waals surface area (Å²) in [6, 6.07) is 0.196. The van der Waals surface area contributed by atoms with Gasteiger partial charge in [0.25, 0.3) is 10.0 Å². The minimum Gasteiger partial charge on any atom is -0.339 e. The number of amides is 2. The molecule has 2 amide bonds. The van der Waals surface area contributed by atoms with Gasteiger partial charge in [0.15, 0.2) is 5.03 Å². The number of carbonyl (C=O) groups is 1. The van der Waals surface area contributed by atoms with Crippen LogP contribution >= 0.6 is 0 Å². The minimum atomic E-state index is -3.60. The Morgan fingerprint density at radius 3 is 2.56 bits per heavy atom. The molecule has 1 aliphatic heterocycles. The number of sulfonamides is 1. The molecule has 2 aliphatic rings. The van der Waals surface area contributed by atoms with Crippen molar-refractivity contribution in [1.82, 2.24) is 24.1 Å². The largest absolute Gasteiger partial charge is 0.339 e. The van der Waals surface area contributed by atoms with Crippen molar-refractivity contribution in [2.75, 3.05) is 26.2 Å². The van der Waals surface area contributed by atoms with Crippen molar-refractivity contribution in [2.45, 2.75) is 49.6 Å². The Labute approximate surface area is 149 Å². The van der Waals surface area contributed by atoms with Gasteiger partial charge in [-0.05, 0) is 19.3 Å². The van der Waals surface area contributed by atoms with Crippen LogP contribution in [0.15, 0.2) is 17.6 Å². The SMILES string of the molecule is Cn1cnc(S(=O)(=O)N2CCCN(C(=O)NC3CCCCC3)CC2)c1. The summed E-state index contributed by atoms with van der Waals surface area (Å²) < 4.78 is 28.4. The van der Waals surface area contributed by atoms with Crippen molar-refractivity contribution in [1.29, 1.82) is 0 Å². The molecule has 1 saturated carbocycles. The van der Waals surface area contributed by atoms with Crippen LogP contribution in [-0.2, 0) is 17.1 Å². The second-order valence-corrected chi connectivity index (χ2v) is 8.79. The van der Waals surface area contributed by atoms with Crippen molar-refractivity contribution >= 4 is 16.1 Å². The average molecular weight is 369 g/mol. The molecule has 3 rings (SSSR count). The summed E-state index contributed by atoms with van der Waals surface area (Å²) in [6.45, 7) is 1.69. The maximum absolute atomic E-state index is 12.7. The molecule has 0 radical (unpaired) electrons. The van der Waals surface area contributed by atoms with E-state index in [1.54, 1.807) is 16.5 Å². The van der Waals surface area contributed by atoms with Crippen LogP contribution in [0.2, 0.25) is 0 Å². The zero-order chi connectivity index (χ0) is 17.9. The van der Waals surface area contributed by atoms with Crippen LogP contribution in [-0.4, -0.2) is 65.4 Å². The minimum absolute atomic E-state index is 0.0649. The van der Waals surface area contributed by atoms with Gasteiger partial charge >= 0.3 is 6.03 Å². The first-order valence-electron chi connectivity index (χ1n) is 9.00. The third kappa shape index (κ3) is 4.33. The molecule has 2 heterocycles. The van der Waals surface area contributed by atoms with Gasteiger partial charge in [-0.15, -0.1) is 0 Å². The third-order valence-electron chi connectivity index (χ3n) is 4.96. The normalized spacial score (nSPS) is 21.1. The second-order valence-electron chi connectivity index (χ2n) is 6.91. The molecule has 1 N–H and O–H groups in total. The maximum Gasteiger partial charge on any atom is 0.317 e. The molecule has 25 heavy (non-hydrogen) atoms. The van der Waals surface area contributed by atoms with E-state index < -0.39 is 10.0 Å².